The lowest BCUT2D eigenvalue weighted by molar-refractivity contribution is -0.465. The van der Waals surface area contributed by atoms with Crippen molar-refractivity contribution in [1.29, 1.82) is 0 Å². The summed E-state index contributed by atoms with van der Waals surface area (Å²) < 4.78 is 19.5. The number of rotatable bonds is 11. The average Bonchev–Trinajstić information content (AvgIpc) is 2.36. The minimum atomic E-state index is -1.04. The molecule has 26 heavy (non-hydrogen) atoms. The van der Waals surface area contributed by atoms with E-state index in [2.05, 4.69) is 76.2 Å². The van der Waals surface area contributed by atoms with Crippen LogP contribution in [0, 0.1) is 5.92 Å². The zero-order chi connectivity index (χ0) is 20.6. The summed E-state index contributed by atoms with van der Waals surface area (Å²) in [5, 5.41) is 0. The zero-order valence-electron chi connectivity index (χ0n) is 19.8. The maximum Gasteiger partial charge on any atom is 0.287 e. The minimum absolute atomic E-state index is 0.145. The van der Waals surface area contributed by atoms with E-state index in [9.17, 15) is 0 Å². The van der Waals surface area contributed by atoms with Gasteiger partial charge in [-0.15, -0.1) is 0 Å². The highest BCUT2D eigenvalue weighted by Crippen LogP contribution is 2.39. The Labute approximate surface area is 164 Å². The topological polar surface area (TPSA) is 27.7 Å². The van der Waals surface area contributed by atoms with Crippen LogP contribution in [0.15, 0.2) is 0 Å². The molecule has 1 atom stereocenters. The van der Waals surface area contributed by atoms with Crippen molar-refractivity contribution in [1.82, 2.24) is 0 Å². The summed E-state index contributed by atoms with van der Waals surface area (Å²) in [5.41, 5.74) is -1.07. The number of unbranched alkanes of at least 4 members (excludes halogenated alkanes) is 5. The molecule has 0 saturated heterocycles. The van der Waals surface area contributed by atoms with E-state index in [1.165, 1.54) is 38.5 Å². The summed E-state index contributed by atoms with van der Waals surface area (Å²) in [5.74, 6) is -0.899. The molecule has 0 rings (SSSR count). The van der Waals surface area contributed by atoms with Crippen molar-refractivity contribution in [2.45, 2.75) is 144 Å². The number of ether oxygens (including phenoxy) is 3. The second-order valence-corrected chi connectivity index (χ2v) is 10.7. The van der Waals surface area contributed by atoms with E-state index in [1.807, 2.05) is 0 Å². The van der Waals surface area contributed by atoms with Gasteiger partial charge in [0.15, 0.2) is 0 Å². The van der Waals surface area contributed by atoms with Gasteiger partial charge in [0.25, 0.3) is 5.97 Å². The third kappa shape index (κ3) is 12.3. The normalized spacial score (nSPS) is 15.3. The van der Waals surface area contributed by atoms with Gasteiger partial charge in [-0.2, -0.15) is 0 Å². The van der Waals surface area contributed by atoms with Crippen molar-refractivity contribution in [2.24, 2.45) is 5.92 Å². The third-order valence-electron chi connectivity index (χ3n) is 3.94. The molecule has 0 aromatic carbocycles. The Hall–Kier alpha value is -0.120. The Morgan fingerprint density at radius 3 is 1.27 bits per heavy atom. The highest BCUT2D eigenvalue weighted by atomic mass is 16.9. The fourth-order valence-corrected chi connectivity index (χ4v) is 3.05. The molecule has 0 radical (unpaired) electrons. The molecular weight excluding hydrogens is 324 g/mol. The first-order chi connectivity index (χ1) is 11.6. The van der Waals surface area contributed by atoms with Gasteiger partial charge in [-0.1, -0.05) is 52.4 Å². The first-order valence-electron chi connectivity index (χ1n) is 10.7. The van der Waals surface area contributed by atoms with Crippen LogP contribution in [-0.4, -0.2) is 22.8 Å². The average molecular weight is 373 g/mol. The molecule has 0 N–H and O–H groups in total. The highest BCUT2D eigenvalue weighted by Gasteiger charge is 2.48. The summed E-state index contributed by atoms with van der Waals surface area (Å²) >= 11 is 0. The van der Waals surface area contributed by atoms with Crippen LogP contribution in [0.2, 0.25) is 0 Å². The highest BCUT2D eigenvalue weighted by molar-refractivity contribution is 4.79. The first-order valence-corrected chi connectivity index (χ1v) is 10.7. The molecular formula is C23H48O3. The lowest BCUT2D eigenvalue weighted by atomic mass is 9.97. The van der Waals surface area contributed by atoms with Gasteiger partial charge in [-0.3, -0.25) is 0 Å². The molecule has 0 heterocycles. The summed E-state index contributed by atoms with van der Waals surface area (Å²) in [7, 11) is 0. The molecule has 0 saturated carbocycles. The predicted octanol–water partition coefficient (Wildman–Crippen LogP) is 7.47. The summed E-state index contributed by atoms with van der Waals surface area (Å²) in [4.78, 5) is 0. The molecule has 3 heteroatoms. The zero-order valence-corrected chi connectivity index (χ0v) is 19.8. The second kappa shape index (κ2) is 10.4. The fraction of sp³-hybridized carbons (Fsp3) is 1.00. The van der Waals surface area contributed by atoms with E-state index in [-0.39, 0.29) is 22.7 Å². The van der Waals surface area contributed by atoms with Gasteiger partial charge in [0.05, 0.1) is 16.8 Å². The maximum absolute atomic E-state index is 6.49. The molecule has 0 spiro atoms. The van der Waals surface area contributed by atoms with E-state index in [0.29, 0.717) is 0 Å². The smallest absolute Gasteiger partial charge is 0.287 e. The van der Waals surface area contributed by atoms with Crippen molar-refractivity contribution >= 4 is 0 Å². The Kier molecular flexibility index (Phi) is 10.4. The fourth-order valence-electron chi connectivity index (χ4n) is 3.05. The summed E-state index contributed by atoms with van der Waals surface area (Å²) in [6.07, 6.45) is 8.76. The van der Waals surface area contributed by atoms with Crippen molar-refractivity contribution in [3.8, 4) is 0 Å². The van der Waals surface area contributed by atoms with Crippen molar-refractivity contribution in [3.05, 3.63) is 0 Å². The van der Waals surface area contributed by atoms with Crippen LogP contribution in [0.5, 0.6) is 0 Å². The third-order valence-corrected chi connectivity index (χ3v) is 3.94. The van der Waals surface area contributed by atoms with Crippen molar-refractivity contribution in [3.63, 3.8) is 0 Å². The van der Waals surface area contributed by atoms with E-state index in [0.717, 1.165) is 6.42 Å². The minimum Gasteiger partial charge on any atom is -0.321 e. The van der Waals surface area contributed by atoms with Crippen LogP contribution < -0.4 is 0 Å². The van der Waals surface area contributed by atoms with Crippen molar-refractivity contribution < 1.29 is 14.2 Å². The Balaban J connectivity index is 5.29. The van der Waals surface area contributed by atoms with E-state index < -0.39 is 5.97 Å². The molecule has 0 aliphatic rings. The molecule has 1 unspecified atom stereocenters. The number of hydrogen-bond donors (Lipinski definition) is 0. The lowest BCUT2D eigenvalue weighted by Gasteiger charge is -2.48. The standard InChI is InChI=1S/C23H48O3/c1-12-13-14-15-16-17-18-19(2)23(24-20(3,4)5,25-21(6,7)8)26-22(9,10)11/h19H,12-18H2,1-11H3. The monoisotopic (exact) mass is 372 g/mol. The predicted molar refractivity (Wildman–Crippen MR) is 112 cm³/mol. The van der Waals surface area contributed by atoms with Crippen LogP contribution in [0.3, 0.4) is 0 Å². The van der Waals surface area contributed by atoms with E-state index >= 15 is 0 Å². The van der Waals surface area contributed by atoms with Gasteiger partial charge in [-0.25, -0.2) is 0 Å². The van der Waals surface area contributed by atoms with Gasteiger partial charge >= 0.3 is 0 Å². The van der Waals surface area contributed by atoms with Gasteiger partial charge in [0, 0.05) is 5.92 Å². The van der Waals surface area contributed by atoms with Gasteiger partial charge < -0.3 is 14.2 Å². The van der Waals surface area contributed by atoms with Crippen LogP contribution in [-0.2, 0) is 14.2 Å². The Morgan fingerprint density at radius 2 is 0.923 bits per heavy atom. The first kappa shape index (κ1) is 25.9. The lowest BCUT2D eigenvalue weighted by Crippen LogP contribution is -2.56. The van der Waals surface area contributed by atoms with Crippen LogP contribution in [0.1, 0.15) is 121 Å². The molecule has 0 amide bonds. The second-order valence-electron chi connectivity index (χ2n) is 10.7. The molecule has 0 aromatic rings. The van der Waals surface area contributed by atoms with E-state index in [4.69, 9.17) is 14.2 Å². The van der Waals surface area contributed by atoms with Crippen LogP contribution in [0.4, 0.5) is 0 Å². The Morgan fingerprint density at radius 1 is 0.577 bits per heavy atom. The molecule has 0 bridgehead atoms. The SMILES string of the molecule is CCCCCCCCC(C)C(OC(C)(C)C)(OC(C)(C)C)OC(C)(C)C. The van der Waals surface area contributed by atoms with Gasteiger partial charge in [-0.05, 0) is 68.7 Å². The largest absolute Gasteiger partial charge is 0.321 e. The van der Waals surface area contributed by atoms with Crippen LogP contribution in [0.25, 0.3) is 0 Å². The molecule has 0 aliphatic carbocycles. The summed E-state index contributed by atoms with van der Waals surface area (Å²) in [6, 6.07) is 0. The van der Waals surface area contributed by atoms with Gasteiger partial charge in [0.1, 0.15) is 0 Å². The van der Waals surface area contributed by atoms with E-state index in [1.54, 1.807) is 0 Å². The Bertz CT molecular complexity index is 328. The quantitative estimate of drug-likeness (QED) is 0.278. The molecule has 0 fully saturated rings. The summed E-state index contributed by atoms with van der Waals surface area (Å²) in [6.45, 7) is 23.1. The molecule has 3 nitrogen and oxygen atoms in total. The maximum atomic E-state index is 6.49. The molecule has 0 aliphatic heterocycles. The van der Waals surface area contributed by atoms with Gasteiger partial charge in [0.2, 0.25) is 0 Å². The number of hydrogen-bond acceptors (Lipinski definition) is 3. The van der Waals surface area contributed by atoms with Crippen molar-refractivity contribution in [2.75, 3.05) is 0 Å². The van der Waals surface area contributed by atoms with Crippen LogP contribution >= 0.6 is 0 Å². The molecule has 0 aromatic heterocycles. The molecule has 158 valence electrons.